The van der Waals surface area contributed by atoms with E-state index in [1.165, 1.54) is 12.1 Å². The molecule has 1 fully saturated rings. The number of nitrogens with zero attached hydrogens (tertiary/aromatic N) is 1. The maximum Gasteiger partial charge on any atom is 0.318 e. The summed E-state index contributed by atoms with van der Waals surface area (Å²) in [7, 11) is -4.22. The lowest BCUT2D eigenvalue weighted by atomic mass is 10.1. The van der Waals surface area contributed by atoms with Crippen molar-refractivity contribution in [3.8, 4) is 0 Å². The average Bonchev–Trinajstić information content (AvgIpc) is 2.78. The topological polar surface area (TPSA) is 80.8 Å². The van der Waals surface area contributed by atoms with Gasteiger partial charge in [-0.15, -0.1) is 9.35 Å². The maximum absolute atomic E-state index is 12.2. The van der Waals surface area contributed by atoms with E-state index in [2.05, 4.69) is 4.28 Å². The number of amides is 2. The van der Waals surface area contributed by atoms with Gasteiger partial charge in [0.25, 0.3) is 11.8 Å². The van der Waals surface area contributed by atoms with Crippen molar-refractivity contribution in [1.82, 2.24) is 5.06 Å². The second-order valence-electron chi connectivity index (χ2n) is 4.62. The Kier molecular flexibility index (Phi) is 3.23. The van der Waals surface area contributed by atoms with Crippen LogP contribution in [-0.4, -0.2) is 25.3 Å². The summed E-state index contributed by atoms with van der Waals surface area (Å²) in [6, 6.07) is 11.7. The molecule has 2 amide bonds. The van der Waals surface area contributed by atoms with Gasteiger partial charge in [-0.25, -0.2) is 0 Å². The molecular weight excluding hydrogens is 294 g/mol. The second kappa shape index (κ2) is 4.94. The van der Waals surface area contributed by atoms with Crippen LogP contribution >= 0.6 is 0 Å². The zero-order valence-corrected chi connectivity index (χ0v) is 11.7. The first-order valence-electron chi connectivity index (χ1n) is 6.26. The van der Waals surface area contributed by atoms with Crippen LogP contribution in [0.5, 0.6) is 0 Å². The van der Waals surface area contributed by atoms with Crippen molar-refractivity contribution < 1.29 is 22.3 Å². The first-order chi connectivity index (χ1) is 9.97. The van der Waals surface area contributed by atoms with E-state index in [4.69, 9.17) is 0 Å². The third-order valence-corrected chi connectivity index (χ3v) is 4.36. The first kappa shape index (κ1) is 13.7. The highest BCUT2D eigenvalue weighted by molar-refractivity contribution is 7.86. The number of hydroxylamine groups is 2. The summed E-state index contributed by atoms with van der Waals surface area (Å²) in [5, 5.41) is 1.93. The van der Waals surface area contributed by atoms with Crippen LogP contribution < -0.4 is 0 Å². The Morgan fingerprint density at radius 2 is 1.52 bits per heavy atom. The smallest absolute Gasteiger partial charge is 0.272 e. The molecule has 2 aromatic rings. The van der Waals surface area contributed by atoms with Gasteiger partial charge in [0.15, 0.2) is 0 Å². The van der Waals surface area contributed by atoms with Gasteiger partial charge >= 0.3 is 10.1 Å². The Labute approximate surface area is 121 Å². The van der Waals surface area contributed by atoms with Crippen LogP contribution in [0.2, 0.25) is 0 Å². The molecule has 2 aromatic carbocycles. The van der Waals surface area contributed by atoms with Crippen LogP contribution in [0, 0.1) is 0 Å². The van der Waals surface area contributed by atoms with Crippen molar-refractivity contribution in [2.45, 2.75) is 17.7 Å². The number of hydrogen-bond donors (Lipinski definition) is 0. The van der Waals surface area contributed by atoms with Crippen LogP contribution in [0.1, 0.15) is 12.8 Å². The van der Waals surface area contributed by atoms with E-state index in [-0.39, 0.29) is 17.7 Å². The van der Waals surface area contributed by atoms with E-state index in [1.807, 2.05) is 12.1 Å². The highest BCUT2D eigenvalue weighted by atomic mass is 32.2. The minimum Gasteiger partial charge on any atom is -0.272 e. The van der Waals surface area contributed by atoms with Crippen LogP contribution in [0.15, 0.2) is 47.4 Å². The molecule has 0 unspecified atom stereocenters. The Morgan fingerprint density at radius 3 is 2.19 bits per heavy atom. The van der Waals surface area contributed by atoms with Crippen molar-refractivity contribution in [1.29, 1.82) is 0 Å². The van der Waals surface area contributed by atoms with Gasteiger partial charge in [0.1, 0.15) is 0 Å². The van der Waals surface area contributed by atoms with Gasteiger partial charge in [-0.2, -0.15) is 8.42 Å². The lowest BCUT2D eigenvalue weighted by Crippen LogP contribution is -2.32. The molecule has 21 heavy (non-hydrogen) atoms. The van der Waals surface area contributed by atoms with E-state index in [1.54, 1.807) is 18.2 Å². The van der Waals surface area contributed by atoms with E-state index >= 15 is 0 Å². The molecule has 1 aliphatic heterocycles. The molecule has 0 radical (unpaired) electrons. The lowest BCUT2D eigenvalue weighted by Gasteiger charge is -2.13. The normalized spacial score (nSPS) is 15.9. The van der Waals surface area contributed by atoms with Gasteiger partial charge in [-0.3, -0.25) is 9.59 Å². The molecule has 0 aromatic heterocycles. The van der Waals surface area contributed by atoms with Gasteiger partial charge in [-0.1, -0.05) is 30.3 Å². The summed E-state index contributed by atoms with van der Waals surface area (Å²) in [6.07, 6.45) is -0.0713. The zero-order valence-electron chi connectivity index (χ0n) is 10.9. The first-order valence-corrected chi connectivity index (χ1v) is 7.67. The minimum atomic E-state index is -4.22. The van der Waals surface area contributed by atoms with Gasteiger partial charge in [0.2, 0.25) is 0 Å². The highest BCUT2D eigenvalue weighted by Gasteiger charge is 2.35. The van der Waals surface area contributed by atoms with E-state index in [9.17, 15) is 18.0 Å². The second-order valence-corrected chi connectivity index (χ2v) is 6.15. The van der Waals surface area contributed by atoms with E-state index < -0.39 is 21.9 Å². The quantitative estimate of drug-likeness (QED) is 0.805. The molecule has 108 valence electrons. The van der Waals surface area contributed by atoms with Crippen molar-refractivity contribution in [3.63, 3.8) is 0 Å². The van der Waals surface area contributed by atoms with Gasteiger partial charge in [0.05, 0.1) is 4.90 Å². The third-order valence-electron chi connectivity index (χ3n) is 3.19. The Bertz CT molecular complexity index is 827. The number of carbonyl (C=O) groups excluding carboxylic acids is 2. The molecule has 0 bridgehead atoms. The molecule has 6 nitrogen and oxygen atoms in total. The molecule has 1 heterocycles. The highest BCUT2D eigenvalue weighted by Crippen LogP contribution is 2.23. The van der Waals surface area contributed by atoms with Crippen molar-refractivity contribution in [2.24, 2.45) is 0 Å². The van der Waals surface area contributed by atoms with Crippen LogP contribution in [0.25, 0.3) is 10.8 Å². The van der Waals surface area contributed by atoms with Crippen molar-refractivity contribution in [3.05, 3.63) is 42.5 Å². The molecule has 1 saturated heterocycles. The zero-order chi connectivity index (χ0) is 15.0. The summed E-state index contributed by atoms with van der Waals surface area (Å²) in [5.74, 6) is -1.30. The van der Waals surface area contributed by atoms with Crippen LogP contribution in [0.3, 0.4) is 0 Å². The Hall–Kier alpha value is -2.25. The average molecular weight is 305 g/mol. The number of carbonyl (C=O) groups is 2. The van der Waals surface area contributed by atoms with E-state index in [0.717, 1.165) is 10.8 Å². The van der Waals surface area contributed by atoms with Gasteiger partial charge < -0.3 is 0 Å². The molecule has 7 heteroatoms. The lowest BCUT2D eigenvalue weighted by molar-refractivity contribution is -0.163. The summed E-state index contributed by atoms with van der Waals surface area (Å²) in [5.41, 5.74) is 0. The monoisotopic (exact) mass is 305 g/mol. The predicted octanol–water partition coefficient (Wildman–Crippen LogP) is 1.61. The number of rotatable bonds is 3. The standard InChI is InChI=1S/C14H11NO5S/c16-13-7-8-14(17)15(13)20-21(18,19)12-6-5-10-3-1-2-4-11(10)9-12/h1-6,9H,7-8H2. The number of benzene rings is 2. The van der Waals surface area contributed by atoms with Gasteiger partial charge in [0, 0.05) is 12.8 Å². The molecule has 0 atom stereocenters. The van der Waals surface area contributed by atoms with Crippen molar-refractivity contribution >= 4 is 32.7 Å². The van der Waals surface area contributed by atoms with Crippen LogP contribution in [-0.2, 0) is 24.0 Å². The molecule has 0 spiro atoms. The largest absolute Gasteiger partial charge is 0.318 e. The van der Waals surface area contributed by atoms with E-state index in [0.29, 0.717) is 5.06 Å². The predicted molar refractivity (Wildman–Crippen MR) is 73.3 cm³/mol. The molecule has 0 N–H and O–H groups in total. The molecule has 0 saturated carbocycles. The SMILES string of the molecule is O=C1CCC(=O)N1OS(=O)(=O)c1ccc2ccccc2c1. The van der Waals surface area contributed by atoms with Crippen molar-refractivity contribution in [2.75, 3.05) is 0 Å². The molecule has 0 aliphatic carbocycles. The summed E-state index contributed by atoms with van der Waals surface area (Å²) in [6.45, 7) is 0. The maximum atomic E-state index is 12.2. The summed E-state index contributed by atoms with van der Waals surface area (Å²) >= 11 is 0. The summed E-state index contributed by atoms with van der Waals surface area (Å²) < 4.78 is 29.0. The summed E-state index contributed by atoms with van der Waals surface area (Å²) in [4.78, 5) is 22.7. The number of fused-ring (bicyclic) bond motifs is 1. The number of imide groups is 1. The number of hydrogen-bond acceptors (Lipinski definition) is 5. The minimum absolute atomic E-state index is 0.0356. The third kappa shape index (κ3) is 2.53. The fraction of sp³-hybridized carbons (Fsp3) is 0.143. The Balaban J connectivity index is 1.96. The molecule has 1 aliphatic rings. The fourth-order valence-electron chi connectivity index (χ4n) is 2.10. The van der Waals surface area contributed by atoms with Crippen LogP contribution in [0.4, 0.5) is 0 Å². The molecular formula is C14H11NO5S. The Morgan fingerprint density at radius 1 is 0.905 bits per heavy atom. The fourth-order valence-corrected chi connectivity index (χ4v) is 3.06. The van der Waals surface area contributed by atoms with Gasteiger partial charge in [-0.05, 0) is 22.9 Å². The molecule has 3 rings (SSSR count).